The van der Waals surface area contributed by atoms with Gasteiger partial charge in [0.2, 0.25) is 5.91 Å². The summed E-state index contributed by atoms with van der Waals surface area (Å²) in [5.74, 6) is 0.0357. The van der Waals surface area contributed by atoms with Crippen LogP contribution < -0.4 is 5.32 Å². The molecule has 1 saturated heterocycles. The summed E-state index contributed by atoms with van der Waals surface area (Å²) in [5.41, 5.74) is 4.31. The van der Waals surface area contributed by atoms with E-state index in [0.717, 1.165) is 47.6 Å². The number of thiazole rings is 1. The fourth-order valence-corrected chi connectivity index (χ4v) is 5.45. The Labute approximate surface area is 186 Å². The van der Waals surface area contributed by atoms with E-state index in [1.54, 1.807) is 11.3 Å². The maximum atomic E-state index is 13.0. The molecule has 1 aliphatic rings. The molecule has 2 heterocycles. The van der Waals surface area contributed by atoms with E-state index in [-0.39, 0.29) is 11.9 Å². The van der Waals surface area contributed by atoms with Crippen LogP contribution in [0.2, 0.25) is 0 Å². The quantitative estimate of drug-likeness (QED) is 0.432. The van der Waals surface area contributed by atoms with Gasteiger partial charge in [0.15, 0.2) is 0 Å². The van der Waals surface area contributed by atoms with Crippen LogP contribution in [0.3, 0.4) is 0 Å². The summed E-state index contributed by atoms with van der Waals surface area (Å²) in [6, 6.07) is 26.9. The van der Waals surface area contributed by atoms with Gasteiger partial charge in [0.05, 0.1) is 22.8 Å². The second-order valence-corrected chi connectivity index (χ2v) is 9.08. The zero-order valence-corrected chi connectivity index (χ0v) is 18.1. The normalized spacial score (nSPS) is 16.6. The highest BCUT2D eigenvalue weighted by molar-refractivity contribution is 7.18. The lowest BCUT2D eigenvalue weighted by Gasteiger charge is -2.22. The fraction of sp³-hybridized carbons (Fsp3) is 0.231. The molecule has 4 nitrogen and oxygen atoms in total. The average molecular weight is 428 g/mol. The highest BCUT2D eigenvalue weighted by Gasteiger charge is 2.30. The van der Waals surface area contributed by atoms with Gasteiger partial charge in [-0.25, -0.2) is 4.98 Å². The van der Waals surface area contributed by atoms with Crippen molar-refractivity contribution < 1.29 is 4.79 Å². The molecule has 0 radical (unpaired) electrons. The summed E-state index contributed by atoms with van der Waals surface area (Å²) in [6.07, 6.45) is 2.95. The zero-order chi connectivity index (χ0) is 21.0. The van der Waals surface area contributed by atoms with Crippen molar-refractivity contribution in [3.63, 3.8) is 0 Å². The zero-order valence-electron chi connectivity index (χ0n) is 17.3. The van der Waals surface area contributed by atoms with E-state index in [9.17, 15) is 4.79 Å². The minimum absolute atomic E-state index is 0.0357. The van der Waals surface area contributed by atoms with Crippen molar-refractivity contribution in [2.75, 3.05) is 18.4 Å². The lowest BCUT2D eigenvalue weighted by atomic mass is 10.0. The first-order valence-electron chi connectivity index (χ1n) is 10.8. The molecule has 0 unspecified atom stereocenters. The second-order valence-electron chi connectivity index (χ2n) is 8.02. The summed E-state index contributed by atoms with van der Waals surface area (Å²) >= 11 is 1.75. The van der Waals surface area contributed by atoms with Crippen LogP contribution in [0.25, 0.3) is 10.2 Å². The number of hydrogen-bond acceptors (Lipinski definition) is 4. The van der Waals surface area contributed by atoms with E-state index in [0.29, 0.717) is 6.54 Å². The minimum atomic E-state index is 0.0357. The third-order valence-corrected chi connectivity index (χ3v) is 6.97. The average Bonchev–Trinajstić information content (AvgIpc) is 3.42. The molecular formula is C26H25N3OS. The Balaban J connectivity index is 1.28. The molecule has 5 rings (SSSR count). The molecule has 1 atom stereocenters. The molecule has 4 aromatic rings. The Bertz CT molecular complexity index is 1150. The molecule has 156 valence electrons. The SMILES string of the molecule is O=C(CN1CCC[C@H]1c1nc2ccccc2s1)Nc1ccccc1Cc1ccccc1. The molecule has 0 aliphatic carbocycles. The lowest BCUT2D eigenvalue weighted by molar-refractivity contribution is -0.117. The number of amides is 1. The van der Waals surface area contributed by atoms with Crippen LogP contribution in [0, 0.1) is 0 Å². The van der Waals surface area contributed by atoms with Crippen LogP contribution in [0.15, 0.2) is 78.9 Å². The van der Waals surface area contributed by atoms with Crippen molar-refractivity contribution in [3.05, 3.63) is 95.0 Å². The largest absolute Gasteiger partial charge is 0.325 e. The number of aromatic nitrogens is 1. The number of carbonyl (C=O) groups excluding carboxylic acids is 1. The molecule has 0 bridgehead atoms. The molecule has 31 heavy (non-hydrogen) atoms. The highest BCUT2D eigenvalue weighted by Crippen LogP contribution is 2.36. The van der Waals surface area contributed by atoms with Gasteiger partial charge in [0.1, 0.15) is 5.01 Å². The van der Waals surface area contributed by atoms with E-state index in [1.165, 1.54) is 10.3 Å². The number of fused-ring (bicyclic) bond motifs is 1. The maximum absolute atomic E-state index is 13.0. The van der Waals surface area contributed by atoms with Crippen molar-refractivity contribution in [1.29, 1.82) is 0 Å². The number of para-hydroxylation sites is 2. The van der Waals surface area contributed by atoms with Crippen molar-refractivity contribution >= 4 is 33.1 Å². The van der Waals surface area contributed by atoms with Gasteiger partial charge < -0.3 is 5.32 Å². The molecule has 0 spiro atoms. The van der Waals surface area contributed by atoms with Crippen LogP contribution >= 0.6 is 11.3 Å². The van der Waals surface area contributed by atoms with Crippen molar-refractivity contribution in [2.24, 2.45) is 0 Å². The molecule has 5 heteroatoms. The Hall–Kier alpha value is -3.02. The topological polar surface area (TPSA) is 45.2 Å². The molecule has 0 saturated carbocycles. The predicted octanol–water partition coefficient (Wildman–Crippen LogP) is 5.66. The van der Waals surface area contributed by atoms with Gasteiger partial charge in [-0.2, -0.15) is 0 Å². The van der Waals surface area contributed by atoms with E-state index in [2.05, 4.69) is 46.6 Å². The third-order valence-electron chi connectivity index (χ3n) is 5.83. The number of rotatable bonds is 6. The molecule has 1 aromatic heterocycles. The predicted molar refractivity (Wildman–Crippen MR) is 127 cm³/mol. The number of likely N-dealkylation sites (tertiary alicyclic amines) is 1. The molecule has 1 amide bonds. The van der Waals surface area contributed by atoms with Gasteiger partial charge in [0.25, 0.3) is 0 Å². The van der Waals surface area contributed by atoms with Crippen molar-refractivity contribution in [3.8, 4) is 0 Å². The number of carbonyl (C=O) groups is 1. The minimum Gasteiger partial charge on any atom is -0.325 e. The second kappa shape index (κ2) is 9.00. The van der Waals surface area contributed by atoms with E-state index in [1.807, 2.05) is 42.5 Å². The summed E-state index contributed by atoms with van der Waals surface area (Å²) < 4.78 is 1.21. The van der Waals surface area contributed by atoms with E-state index >= 15 is 0 Å². The smallest absolute Gasteiger partial charge is 0.238 e. The molecule has 1 fully saturated rings. The van der Waals surface area contributed by atoms with Gasteiger partial charge in [0, 0.05) is 5.69 Å². The summed E-state index contributed by atoms with van der Waals surface area (Å²) in [7, 11) is 0. The van der Waals surface area contributed by atoms with Gasteiger partial charge >= 0.3 is 0 Å². The van der Waals surface area contributed by atoms with Gasteiger partial charge in [-0.1, -0.05) is 60.7 Å². The summed E-state index contributed by atoms with van der Waals surface area (Å²) in [6.45, 7) is 1.32. The Morgan fingerprint density at radius 2 is 1.77 bits per heavy atom. The van der Waals surface area contributed by atoms with Crippen molar-refractivity contribution in [2.45, 2.75) is 25.3 Å². The van der Waals surface area contributed by atoms with Crippen LogP contribution in [0.4, 0.5) is 5.69 Å². The Morgan fingerprint density at radius 1 is 1.00 bits per heavy atom. The lowest BCUT2D eigenvalue weighted by Crippen LogP contribution is -2.33. The Kier molecular flexibility index (Phi) is 5.78. The number of nitrogens with zero attached hydrogens (tertiary/aromatic N) is 2. The van der Waals surface area contributed by atoms with Gasteiger partial charge in [-0.05, 0) is 55.1 Å². The van der Waals surface area contributed by atoms with E-state index in [4.69, 9.17) is 4.98 Å². The number of nitrogens with one attached hydrogen (secondary N) is 1. The number of anilines is 1. The van der Waals surface area contributed by atoms with Gasteiger partial charge in [-0.3, -0.25) is 9.69 Å². The van der Waals surface area contributed by atoms with Gasteiger partial charge in [-0.15, -0.1) is 11.3 Å². The van der Waals surface area contributed by atoms with E-state index < -0.39 is 0 Å². The maximum Gasteiger partial charge on any atom is 0.238 e. The van der Waals surface area contributed by atoms with Crippen LogP contribution in [0.1, 0.15) is 35.0 Å². The Morgan fingerprint density at radius 3 is 2.65 bits per heavy atom. The summed E-state index contributed by atoms with van der Waals surface area (Å²) in [4.78, 5) is 20.1. The monoisotopic (exact) mass is 427 g/mol. The molecule has 3 aromatic carbocycles. The third kappa shape index (κ3) is 4.53. The van der Waals surface area contributed by atoms with Crippen LogP contribution in [0.5, 0.6) is 0 Å². The van der Waals surface area contributed by atoms with Crippen molar-refractivity contribution in [1.82, 2.24) is 9.88 Å². The molecule has 1 aliphatic heterocycles. The molecular weight excluding hydrogens is 402 g/mol. The first-order valence-corrected chi connectivity index (χ1v) is 11.6. The standard InChI is InChI=1S/C26H25N3OS/c30-25(27-21-12-5-4-11-20(21)17-19-9-2-1-3-10-19)18-29-16-8-14-23(29)26-28-22-13-6-7-15-24(22)31-26/h1-7,9-13,15,23H,8,14,16-18H2,(H,27,30)/t23-/m0/s1. The first-order chi connectivity index (χ1) is 15.3. The van der Waals surface area contributed by atoms with Crippen LogP contribution in [-0.2, 0) is 11.2 Å². The number of hydrogen-bond donors (Lipinski definition) is 1. The summed E-state index contributed by atoms with van der Waals surface area (Å²) in [5, 5.41) is 4.28. The first kappa shape index (κ1) is 19.9. The molecule has 1 N–H and O–H groups in total. The fourth-order valence-electron chi connectivity index (χ4n) is 4.31. The van der Waals surface area contributed by atoms with Crippen LogP contribution in [-0.4, -0.2) is 28.9 Å². The number of benzene rings is 3. The highest BCUT2D eigenvalue weighted by atomic mass is 32.1.